The van der Waals surface area contributed by atoms with Crippen molar-refractivity contribution in [1.82, 2.24) is 5.32 Å². The van der Waals surface area contributed by atoms with E-state index in [-0.39, 0.29) is 31.7 Å². The molecule has 112 valence electrons. The molecule has 0 rings (SSSR count). The Labute approximate surface area is 106 Å². The smallest absolute Gasteiger partial charge is 0.463 e. The number of rotatable bonds is 7. The molecule has 0 aliphatic rings. The van der Waals surface area contributed by atoms with Crippen LogP contribution in [-0.2, 0) is 9.59 Å². The molecule has 0 aromatic carbocycles. The van der Waals surface area contributed by atoms with Crippen LogP contribution >= 0.6 is 0 Å². The van der Waals surface area contributed by atoms with E-state index in [0.29, 0.717) is 0 Å². The molecule has 19 heavy (non-hydrogen) atoms. The minimum Gasteiger partial charge on any atom is -0.481 e. The van der Waals surface area contributed by atoms with E-state index in [9.17, 15) is 31.5 Å². The SMILES string of the molecule is CC(CCNC(=O)C(F)(F)C(F)(F)F)CCC(=O)O. The maximum Gasteiger partial charge on any atom is 0.463 e. The molecular formula is C10H14F5NO3. The fourth-order valence-electron chi connectivity index (χ4n) is 1.19. The van der Waals surface area contributed by atoms with Gasteiger partial charge in [0.15, 0.2) is 0 Å². The standard InChI is InChI=1S/C10H14F5NO3/c1-6(2-3-7(17)18)4-5-16-8(19)9(11,12)10(13,14)15/h6H,2-5H2,1H3,(H,16,19)(H,17,18). The third kappa shape index (κ3) is 5.84. The first-order chi connectivity index (χ1) is 8.48. The number of carboxylic acid groups (broad SMARTS) is 1. The van der Waals surface area contributed by atoms with Gasteiger partial charge in [0.05, 0.1) is 0 Å². The normalized spacial score (nSPS) is 14.0. The fourth-order valence-corrected chi connectivity index (χ4v) is 1.19. The zero-order valence-electron chi connectivity index (χ0n) is 10.1. The van der Waals surface area contributed by atoms with Crippen LogP contribution in [0.25, 0.3) is 0 Å². The number of alkyl halides is 5. The lowest BCUT2D eigenvalue weighted by Crippen LogP contribution is -2.50. The van der Waals surface area contributed by atoms with Gasteiger partial charge in [-0.15, -0.1) is 0 Å². The van der Waals surface area contributed by atoms with Gasteiger partial charge in [0.1, 0.15) is 0 Å². The van der Waals surface area contributed by atoms with Gasteiger partial charge in [-0.25, -0.2) is 0 Å². The van der Waals surface area contributed by atoms with Crippen molar-refractivity contribution in [2.24, 2.45) is 5.92 Å². The largest absolute Gasteiger partial charge is 0.481 e. The van der Waals surface area contributed by atoms with Crippen LogP contribution in [0.2, 0.25) is 0 Å². The summed E-state index contributed by atoms with van der Waals surface area (Å²) in [5.74, 6) is -9.06. The maximum atomic E-state index is 12.5. The second-order valence-corrected chi connectivity index (χ2v) is 4.15. The zero-order valence-corrected chi connectivity index (χ0v) is 10.1. The Bertz CT molecular complexity index is 330. The fraction of sp³-hybridized carbons (Fsp3) is 0.800. The second-order valence-electron chi connectivity index (χ2n) is 4.15. The number of amides is 1. The van der Waals surface area contributed by atoms with Crippen molar-refractivity contribution >= 4 is 11.9 Å². The summed E-state index contributed by atoms with van der Waals surface area (Å²) in [6, 6.07) is 0. The Hall–Kier alpha value is -1.41. The summed E-state index contributed by atoms with van der Waals surface area (Å²) in [4.78, 5) is 20.9. The predicted octanol–water partition coefficient (Wildman–Crippen LogP) is 2.19. The quantitative estimate of drug-likeness (QED) is 0.707. The number of aliphatic carboxylic acids is 1. The summed E-state index contributed by atoms with van der Waals surface area (Å²) in [6.45, 7) is 1.24. The average Bonchev–Trinajstić information content (AvgIpc) is 2.24. The molecule has 0 aromatic heterocycles. The lowest BCUT2D eigenvalue weighted by atomic mass is 10.0. The van der Waals surface area contributed by atoms with Crippen LogP contribution in [0.15, 0.2) is 0 Å². The Kier molecular flexibility index (Phi) is 6.17. The van der Waals surface area contributed by atoms with Crippen LogP contribution in [0.3, 0.4) is 0 Å². The molecule has 0 aromatic rings. The van der Waals surface area contributed by atoms with Crippen LogP contribution in [0.1, 0.15) is 26.2 Å². The molecule has 9 heteroatoms. The minimum absolute atomic E-state index is 0.118. The van der Waals surface area contributed by atoms with Crippen LogP contribution in [0.4, 0.5) is 22.0 Å². The summed E-state index contributed by atoms with van der Waals surface area (Å²) in [5.41, 5.74) is 0. The van der Waals surface area contributed by atoms with Gasteiger partial charge in [-0.3, -0.25) is 9.59 Å². The molecule has 1 amide bonds. The lowest BCUT2D eigenvalue weighted by Gasteiger charge is -2.19. The van der Waals surface area contributed by atoms with Crippen molar-refractivity contribution in [3.05, 3.63) is 0 Å². The number of carbonyl (C=O) groups excluding carboxylic acids is 1. The molecule has 4 nitrogen and oxygen atoms in total. The number of hydrogen-bond acceptors (Lipinski definition) is 2. The molecule has 0 aliphatic heterocycles. The Morgan fingerprint density at radius 3 is 2.11 bits per heavy atom. The van der Waals surface area contributed by atoms with E-state index in [1.54, 1.807) is 6.92 Å². The van der Waals surface area contributed by atoms with Gasteiger partial charge >= 0.3 is 18.1 Å². The van der Waals surface area contributed by atoms with Crippen molar-refractivity contribution in [1.29, 1.82) is 0 Å². The molecule has 0 spiro atoms. The molecule has 0 saturated heterocycles. The van der Waals surface area contributed by atoms with Crippen molar-refractivity contribution in [2.45, 2.75) is 38.3 Å². The molecular weight excluding hydrogens is 277 g/mol. The van der Waals surface area contributed by atoms with Crippen molar-refractivity contribution in [3.8, 4) is 0 Å². The molecule has 0 radical (unpaired) electrons. The van der Waals surface area contributed by atoms with Crippen molar-refractivity contribution in [2.75, 3.05) is 6.54 Å². The van der Waals surface area contributed by atoms with Gasteiger partial charge in [0.2, 0.25) is 0 Å². The van der Waals surface area contributed by atoms with Gasteiger partial charge in [-0.2, -0.15) is 22.0 Å². The van der Waals surface area contributed by atoms with Gasteiger partial charge in [-0.1, -0.05) is 6.92 Å². The van der Waals surface area contributed by atoms with Crippen LogP contribution in [0.5, 0.6) is 0 Å². The van der Waals surface area contributed by atoms with Crippen LogP contribution in [0, 0.1) is 5.92 Å². The van der Waals surface area contributed by atoms with Crippen LogP contribution < -0.4 is 5.32 Å². The molecule has 0 fully saturated rings. The van der Waals surface area contributed by atoms with E-state index in [0.717, 1.165) is 0 Å². The second kappa shape index (κ2) is 6.67. The van der Waals surface area contributed by atoms with E-state index in [1.807, 2.05) is 0 Å². The van der Waals surface area contributed by atoms with Gasteiger partial charge < -0.3 is 10.4 Å². The molecule has 1 atom stereocenters. The van der Waals surface area contributed by atoms with Gasteiger partial charge in [0, 0.05) is 13.0 Å². The monoisotopic (exact) mass is 291 g/mol. The summed E-state index contributed by atoms with van der Waals surface area (Å²) in [7, 11) is 0. The minimum atomic E-state index is -5.92. The predicted molar refractivity (Wildman–Crippen MR) is 54.7 cm³/mol. The first-order valence-corrected chi connectivity index (χ1v) is 5.43. The summed E-state index contributed by atoms with van der Waals surface area (Å²) >= 11 is 0. The molecule has 0 aliphatic carbocycles. The molecule has 0 saturated carbocycles. The first kappa shape index (κ1) is 17.6. The lowest BCUT2D eigenvalue weighted by molar-refractivity contribution is -0.269. The Morgan fingerprint density at radius 1 is 1.16 bits per heavy atom. The third-order valence-electron chi connectivity index (χ3n) is 2.41. The van der Waals surface area contributed by atoms with Crippen molar-refractivity contribution in [3.63, 3.8) is 0 Å². The molecule has 1 unspecified atom stereocenters. The Morgan fingerprint density at radius 2 is 1.68 bits per heavy atom. The van der Waals surface area contributed by atoms with Crippen molar-refractivity contribution < 1.29 is 36.6 Å². The van der Waals surface area contributed by atoms with Gasteiger partial charge in [-0.05, 0) is 18.8 Å². The number of nitrogens with one attached hydrogen (secondary N) is 1. The average molecular weight is 291 g/mol. The van der Waals surface area contributed by atoms with E-state index in [4.69, 9.17) is 5.11 Å². The topological polar surface area (TPSA) is 66.4 Å². The molecule has 0 heterocycles. The van der Waals surface area contributed by atoms with E-state index in [2.05, 4.69) is 0 Å². The van der Waals surface area contributed by atoms with Crippen LogP contribution in [-0.4, -0.2) is 35.6 Å². The number of carboxylic acids is 1. The third-order valence-corrected chi connectivity index (χ3v) is 2.41. The van der Waals surface area contributed by atoms with E-state index in [1.165, 1.54) is 5.32 Å². The highest BCUT2D eigenvalue weighted by Gasteiger charge is 2.63. The summed E-state index contributed by atoms with van der Waals surface area (Å²) in [5, 5.41) is 9.87. The molecule has 0 bridgehead atoms. The number of halogens is 5. The van der Waals surface area contributed by atoms with E-state index < -0.39 is 24.0 Å². The highest BCUT2D eigenvalue weighted by atomic mass is 19.4. The maximum absolute atomic E-state index is 12.5. The first-order valence-electron chi connectivity index (χ1n) is 5.43. The zero-order chi connectivity index (χ0) is 15.3. The highest BCUT2D eigenvalue weighted by Crippen LogP contribution is 2.35. The number of carbonyl (C=O) groups is 2. The summed E-state index contributed by atoms with van der Waals surface area (Å²) in [6.07, 6.45) is -5.69. The number of hydrogen-bond donors (Lipinski definition) is 2. The van der Waals surface area contributed by atoms with Gasteiger partial charge in [0.25, 0.3) is 5.91 Å². The Balaban J connectivity index is 4.08. The molecule has 2 N–H and O–H groups in total. The van der Waals surface area contributed by atoms with E-state index >= 15 is 0 Å². The summed E-state index contributed by atoms with van der Waals surface area (Å²) < 4.78 is 60.4. The highest BCUT2D eigenvalue weighted by molar-refractivity contribution is 5.84.